The summed E-state index contributed by atoms with van der Waals surface area (Å²) in [5, 5.41) is 13.2. The summed E-state index contributed by atoms with van der Waals surface area (Å²) in [5.74, 6) is 0.948. The van der Waals surface area contributed by atoms with E-state index < -0.39 is 0 Å². The number of carbonyl (C=O) groups excluding carboxylic acids is 1. The molecule has 1 amide bonds. The van der Waals surface area contributed by atoms with E-state index in [1.165, 1.54) is 0 Å². The average molecular weight is 291 g/mol. The number of amides is 1. The Labute approximate surface area is 128 Å². The van der Waals surface area contributed by atoms with Gasteiger partial charge in [-0.05, 0) is 40.9 Å². The molecule has 0 saturated carbocycles. The van der Waals surface area contributed by atoms with Crippen LogP contribution < -0.4 is 5.32 Å². The van der Waals surface area contributed by atoms with E-state index in [0.29, 0.717) is 24.5 Å². The zero-order valence-electron chi connectivity index (χ0n) is 14.2. The fourth-order valence-corrected chi connectivity index (χ4v) is 2.45. The van der Waals surface area contributed by atoms with Crippen molar-refractivity contribution in [2.24, 2.45) is 5.92 Å². The molecule has 0 heterocycles. The Bertz CT molecular complexity index is 499. The zero-order valence-corrected chi connectivity index (χ0v) is 14.2. The molecule has 0 aliphatic heterocycles. The molecule has 0 unspecified atom stereocenters. The number of nitrogens with one attached hydrogen (secondary N) is 1. The maximum absolute atomic E-state index is 11.4. The molecule has 0 aliphatic carbocycles. The summed E-state index contributed by atoms with van der Waals surface area (Å²) >= 11 is 0. The molecule has 0 fully saturated rings. The van der Waals surface area contributed by atoms with E-state index in [-0.39, 0.29) is 11.3 Å². The average Bonchev–Trinajstić information content (AvgIpc) is 2.37. The van der Waals surface area contributed by atoms with Gasteiger partial charge in [-0.2, -0.15) is 0 Å². The number of phenols is 1. The molecule has 1 aromatic rings. The van der Waals surface area contributed by atoms with Crippen molar-refractivity contribution in [3.63, 3.8) is 0 Å². The number of benzene rings is 1. The first kappa shape index (κ1) is 17.5. The lowest BCUT2D eigenvalue weighted by atomic mass is 9.82. The minimum Gasteiger partial charge on any atom is -0.507 e. The lowest BCUT2D eigenvalue weighted by Crippen LogP contribution is -2.18. The molecule has 21 heavy (non-hydrogen) atoms. The Hall–Kier alpha value is -1.51. The molecule has 0 atom stereocenters. The van der Waals surface area contributed by atoms with Crippen LogP contribution in [-0.2, 0) is 23.1 Å². The predicted octanol–water partition coefficient (Wildman–Crippen LogP) is 3.57. The first-order valence-corrected chi connectivity index (χ1v) is 7.71. The summed E-state index contributed by atoms with van der Waals surface area (Å²) in [7, 11) is 1.66. The first-order chi connectivity index (χ1) is 9.65. The van der Waals surface area contributed by atoms with Crippen LogP contribution in [-0.4, -0.2) is 18.1 Å². The summed E-state index contributed by atoms with van der Waals surface area (Å²) in [4.78, 5) is 11.4. The van der Waals surface area contributed by atoms with Crippen molar-refractivity contribution in [1.29, 1.82) is 0 Å². The lowest BCUT2D eigenvalue weighted by molar-refractivity contribution is -0.120. The van der Waals surface area contributed by atoms with Crippen LogP contribution in [0.1, 0.15) is 57.7 Å². The van der Waals surface area contributed by atoms with Crippen LogP contribution >= 0.6 is 0 Å². The Morgan fingerprint density at radius 3 is 2.38 bits per heavy atom. The molecule has 3 heteroatoms. The molecule has 0 saturated heterocycles. The molecule has 0 radical (unpaired) electrons. The second kappa shape index (κ2) is 6.97. The lowest BCUT2D eigenvalue weighted by Gasteiger charge is -2.24. The number of phenolic OH excluding ortho intramolecular Hbond substituents is 1. The molecule has 118 valence electrons. The SMILES string of the molecule is CNC(=O)CCc1cc(CC(C)C)c(O)c(C(C)(C)C)c1. The van der Waals surface area contributed by atoms with E-state index in [2.05, 4.69) is 39.9 Å². The van der Waals surface area contributed by atoms with E-state index in [4.69, 9.17) is 0 Å². The van der Waals surface area contributed by atoms with Gasteiger partial charge >= 0.3 is 0 Å². The van der Waals surface area contributed by atoms with Crippen molar-refractivity contribution in [3.05, 3.63) is 28.8 Å². The predicted molar refractivity (Wildman–Crippen MR) is 87.7 cm³/mol. The third-order valence-corrected chi connectivity index (χ3v) is 3.60. The third kappa shape index (κ3) is 5.07. The maximum Gasteiger partial charge on any atom is 0.220 e. The number of aryl methyl sites for hydroxylation is 1. The summed E-state index contributed by atoms with van der Waals surface area (Å²) in [5.41, 5.74) is 2.97. The number of carbonyl (C=O) groups is 1. The van der Waals surface area contributed by atoms with Gasteiger partial charge in [0.25, 0.3) is 0 Å². The standard InChI is InChI=1S/C18H29NO2/c1-12(2)9-14-10-13(7-8-16(20)19-6)11-15(17(14)21)18(3,4)5/h10-12,21H,7-9H2,1-6H3,(H,19,20). The number of aromatic hydroxyl groups is 1. The molecule has 2 N–H and O–H groups in total. The van der Waals surface area contributed by atoms with Gasteiger partial charge < -0.3 is 10.4 Å². The Morgan fingerprint density at radius 2 is 1.90 bits per heavy atom. The van der Waals surface area contributed by atoms with E-state index in [9.17, 15) is 9.90 Å². The van der Waals surface area contributed by atoms with Crippen LogP contribution in [0.15, 0.2) is 12.1 Å². The normalized spacial score (nSPS) is 11.8. The van der Waals surface area contributed by atoms with Crippen LogP contribution in [0.2, 0.25) is 0 Å². The highest BCUT2D eigenvalue weighted by Crippen LogP contribution is 2.35. The molecule has 1 rings (SSSR count). The van der Waals surface area contributed by atoms with E-state index in [1.54, 1.807) is 7.05 Å². The van der Waals surface area contributed by atoms with Gasteiger partial charge in [0.15, 0.2) is 0 Å². The second-order valence-corrected chi connectivity index (χ2v) is 7.17. The van der Waals surface area contributed by atoms with Crippen molar-refractivity contribution in [2.75, 3.05) is 7.05 Å². The molecule has 0 spiro atoms. The van der Waals surface area contributed by atoms with Gasteiger partial charge in [0.1, 0.15) is 5.75 Å². The van der Waals surface area contributed by atoms with Gasteiger partial charge in [0.2, 0.25) is 5.91 Å². The highest BCUT2D eigenvalue weighted by molar-refractivity contribution is 5.75. The molecule has 0 bridgehead atoms. The molecule has 1 aromatic carbocycles. The van der Waals surface area contributed by atoms with Crippen molar-refractivity contribution >= 4 is 5.91 Å². The van der Waals surface area contributed by atoms with Crippen LogP contribution in [0.3, 0.4) is 0 Å². The van der Waals surface area contributed by atoms with Crippen LogP contribution in [0.4, 0.5) is 0 Å². The van der Waals surface area contributed by atoms with Gasteiger partial charge in [0.05, 0.1) is 0 Å². The van der Waals surface area contributed by atoms with Crippen molar-refractivity contribution in [3.8, 4) is 5.75 Å². The number of rotatable bonds is 5. The number of hydrogen-bond acceptors (Lipinski definition) is 2. The topological polar surface area (TPSA) is 49.3 Å². The highest BCUT2D eigenvalue weighted by atomic mass is 16.3. The second-order valence-electron chi connectivity index (χ2n) is 7.17. The van der Waals surface area contributed by atoms with Crippen LogP contribution in [0.5, 0.6) is 5.75 Å². The van der Waals surface area contributed by atoms with E-state index in [0.717, 1.165) is 23.1 Å². The number of hydrogen-bond donors (Lipinski definition) is 2. The van der Waals surface area contributed by atoms with Gasteiger partial charge in [-0.15, -0.1) is 0 Å². The molecule has 0 aliphatic rings. The smallest absolute Gasteiger partial charge is 0.220 e. The minimum atomic E-state index is -0.112. The van der Waals surface area contributed by atoms with Gasteiger partial charge in [-0.3, -0.25) is 4.79 Å². The van der Waals surface area contributed by atoms with Crippen LogP contribution in [0.25, 0.3) is 0 Å². The quantitative estimate of drug-likeness (QED) is 0.871. The zero-order chi connectivity index (χ0) is 16.2. The summed E-state index contributed by atoms with van der Waals surface area (Å²) < 4.78 is 0. The maximum atomic E-state index is 11.4. The van der Waals surface area contributed by atoms with Crippen LogP contribution in [0, 0.1) is 5.92 Å². The highest BCUT2D eigenvalue weighted by Gasteiger charge is 2.21. The van der Waals surface area contributed by atoms with Crippen molar-refractivity contribution < 1.29 is 9.90 Å². The van der Waals surface area contributed by atoms with E-state index in [1.807, 2.05) is 12.1 Å². The fourth-order valence-electron chi connectivity index (χ4n) is 2.45. The minimum absolute atomic E-state index is 0.0470. The first-order valence-electron chi connectivity index (χ1n) is 7.71. The van der Waals surface area contributed by atoms with Crippen molar-refractivity contribution in [1.82, 2.24) is 5.32 Å². The Kier molecular flexibility index (Phi) is 5.82. The van der Waals surface area contributed by atoms with E-state index >= 15 is 0 Å². The molecule has 0 aromatic heterocycles. The Balaban J connectivity index is 3.16. The monoisotopic (exact) mass is 291 g/mol. The van der Waals surface area contributed by atoms with Gasteiger partial charge in [-0.1, -0.05) is 46.8 Å². The third-order valence-electron chi connectivity index (χ3n) is 3.60. The Morgan fingerprint density at radius 1 is 1.29 bits per heavy atom. The van der Waals surface area contributed by atoms with Gasteiger partial charge in [-0.25, -0.2) is 0 Å². The van der Waals surface area contributed by atoms with Gasteiger partial charge in [0, 0.05) is 13.5 Å². The summed E-state index contributed by atoms with van der Waals surface area (Å²) in [6, 6.07) is 4.09. The molecule has 3 nitrogen and oxygen atoms in total. The fraction of sp³-hybridized carbons (Fsp3) is 0.611. The largest absolute Gasteiger partial charge is 0.507 e. The molecular weight excluding hydrogens is 262 g/mol. The van der Waals surface area contributed by atoms with Crippen molar-refractivity contribution in [2.45, 2.75) is 59.3 Å². The summed E-state index contributed by atoms with van der Waals surface area (Å²) in [6.07, 6.45) is 2.03. The summed E-state index contributed by atoms with van der Waals surface area (Å²) in [6.45, 7) is 10.6. The molecular formula is C18H29NO2.